The molecule has 3 heterocycles. The molecular weight excluding hydrogens is 346 g/mol. The van der Waals surface area contributed by atoms with Crippen LogP contribution in [0, 0.1) is 12.8 Å². The third-order valence-electron chi connectivity index (χ3n) is 5.29. The van der Waals surface area contributed by atoms with Crippen molar-refractivity contribution >= 4 is 23.4 Å². The maximum Gasteiger partial charge on any atom is 0.259 e. The molecule has 2 saturated heterocycles. The van der Waals surface area contributed by atoms with Gasteiger partial charge in [0.25, 0.3) is 11.8 Å². The number of carbonyl (C=O) groups excluding carboxylic acids is 3. The van der Waals surface area contributed by atoms with E-state index in [0.717, 1.165) is 6.42 Å². The molecule has 2 N–H and O–H groups in total. The largest absolute Gasteiger partial charge is 0.469 e. The summed E-state index contributed by atoms with van der Waals surface area (Å²) in [6.07, 6.45) is 2.73. The van der Waals surface area contributed by atoms with Gasteiger partial charge in [-0.15, -0.1) is 0 Å². The normalized spacial score (nSPS) is 21.5. The first-order valence-corrected chi connectivity index (χ1v) is 9.05. The third kappa shape index (κ3) is 3.45. The van der Waals surface area contributed by atoms with Gasteiger partial charge in [-0.1, -0.05) is 6.07 Å². The number of furan rings is 1. The molecule has 0 spiro atoms. The molecule has 1 aromatic carbocycles. The lowest BCUT2D eigenvalue weighted by Crippen LogP contribution is -2.47. The molecule has 0 aliphatic carbocycles. The lowest BCUT2D eigenvalue weighted by atomic mass is 9.93. The summed E-state index contributed by atoms with van der Waals surface area (Å²) in [7, 11) is 0. The molecular formula is C20H21N3O4. The van der Waals surface area contributed by atoms with Gasteiger partial charge in [-0.05, 0) is 37.6 Å². The van der Waals surface area contributed by atoms with Crippen LogP contribution in [0.4, 0.5) is 5.69 Å². The molecule has 3 amide bonds. The smallest absolute Gasteiger partial charge is 0.259 e. The van der Waals surface area contributed by atoms with Crippen LogP contribution in [0.3, 0.4) is 0 Å². The van der Waals surface area contributed by atoms with Crippen LogP contribution in [-0.4, -0.2) is 41.8 Å². The number of hydrogen-bond acceptors (Lipinski definition) is 4. The van der Waals surface area contributed by atoms with Crippen molar-refractivity contribution in [1.82, 2.24) is 10.2 Å². The Morgan fingerprint density at radius 2 is 2.15 bits per heavy atom. The van der Waals surface area contributed by atoms with Gasteiger partial charge in [0.05, 0.1) is 11.8 Å². The number of amides is 3. The first kappa shape index (κ1) is 17.3. The minimum Gasteiger partial charge on any atom is -0.469 e. The summed E-state index contributed by atoms with van der Waals surface area (Å²) in [5.41, 5.74) is 1.54. The molecule has 2 aliphatic heterocycles. The minimum absolute atomic E-state index is 0.0681. The molecule has 0 unspecified atom stereocenters. The minimum atomic E-state index is -0.276. The molecule has 140 valence electrons. The summed E-state index contributed by atoms with van der Waals surface area (Å²) < 4.78 is 5.16. The van der Waals surface area contributed by atoms with Crippen LogP contribution in [0.25, 0.3) is 0 Å². The second-order valence-corrected chi connectivity index (χ2v) is 7.10. The van der Waals surface area contributed by atoms with Gasteiger partial charge in [0, 0.05) is 42.7 Å². The molecule has 2 fully saturated rings. The molecule has 0 radical (unpaired) electrons. The molecule has 1 aromatic heterocycles. The molecule has 2 atom stereocenters. The third-order valence-corrected chi connectivity index (χ3v) is 5.29. The van der Waals surface area contributed by atoms with Crippen molar-refractivity contribution in [1.29, 1.82) is 0 Å². The van der Waals surface area contributed by atoms with Crippen molar-refractivity contribution in [3.8, 4) is 0 Å². The number of nitrogens with one attached hydrogen (secondary N) is 2. The van der Waals surface area contributed by atoms with Gasteiger partial charge in [0.1, 0.15) is 5.76 Å². The lowest BCUT2D eigenvalue weighted by Gasteiger charge is -2.34. The zero-order valence-corrected chi connectivity index (χ0v) is 15.0. The number of carbonyl (C=O) groups is 3. The molecule has 27 heavy (non-hydrogen) atoms. The van der Waals surface area contributed by atoms with Crippen LogP contribution in [0.2, 0.25) is 0 Å². The van der Waals surface area contributed by atoms with Crippen molar-refractivity contribution in [3.05, 3.63) is 53.5 Å². The van der Waals surface area contributed by atoms with Gasteiger partial charge in [-0.25, -0.2) is 0 Å². The van der Waals surface area contributed by atoms with Crippen molar-refractivity contribution in [3.63, 3.8) is 0 Å². The summed E-state index contributed by atoms with van der Waals surface area (Å²) in [6, 6.07) is 8.71. The van der Waals surface area contributed by atoms with Gasteiger partial charge in [-0.3, -0.25) is 14.4 Å². The van der Waals surface area contributed by atoms with E-state index in [-0.39, 0.29) is 29.7 Å². The van der Waals surface area contributed by atoms with Crippen LogP contribution in [0.15, 0.2) is 41.0 Å². The van der Waals surface area contributed by atoms with E-state index in [1.54, 1.807) is 42.2 Å². The number of rotatable bonds is 3. The number of piperidine rings is 1. The maximum absolute atomic E-state index is 12.9. The summed E-state index contributed by atoms with van der Waals surface area (Å²) in [5.74, 6) is 0.439. The molecule has 7 nitrogen and oxygen atoms in total. The summed E-state index contributed by atoms with van der Waals surface area (Å²) in [4.78, 5) is 38.6. The van der Waals surface area contributed by atoms with E-state index in [1.807, 2.05) is 0 Å². The first-order chi connectivity index (χ1) is 13.0. The molecule has 2 aromatic rings. The zero-order valence-electron chi connectivity index (χ0n) is 15.0. The fourth-order valence-electron chi connectivity index (χ4n) is 3.85. The predicted molar refractivity (Wildman–Crippen MR) is 98.4 cm³/mol. The van der Waals surface area contributed by atoms with E-state index in [2.05, 4.69) is 10.6 Å². The lowest BCUT2D eigenvalue weighted by molar-refractivity contribution is -0.119. The second kappa shape index (κ2) is 6.90. The fraction of sp³-hybridized carbons (Fsp3) is 0.350. The molecule has 4 rings (SSSR count). The molecule has 2 aliphatic rings. The number of benzene rings is 1. The topological polar surface area (TPSA) is 91.7 Å². The quantitative estimate of drug-likeness (QED) is 0.870. The Morgan fingerprint density at radius 3 is 2.93 bits per heavy atom. The van der Waals surface area contributed by atoms with E-state index in [0.29, 0.717) is 42.1 Å². The molecule has 7 heteroatoms. The van der Waals surface area contributed by atoms with E-state index in [1.165, 1.54) is 6.26 Å². The Hall–Kier alpha value is -3.09. The highest BCUT2D eigenvalue weighted by Gasteiger charge is 2.38. The highest BCUT2D eigenvalue weighted by Crippen LogP contribution is 2.26. The van der Waals surface area contributed by atoms with E-state index in [9.17, 15) is 14.4 Å². The number of anilines is 1. The SMILES string of the molecule is Cc1occc1C(=O)Nc1cccc(C(=O)N2CC[C@@H]3NC(=O)C[C@@H]3C2)c1. The Morgan fingerprint density at radius 1 is 1.30 bits per heavy atom. The Bertz CT molecular complexity index is 904. The van der Waals surface area contributed by atoms with Crippen LogP contribution < -0.4 is 10.6 Å². The Kier molecular flexibility index (Phi) is 4.43. The van der Waals surface area contributed by atoms with E-state index in [4.69, 9.17) is 4.42 Å². The number of hydrogen-bond donors (Lipinski definition) is 2. The standard InChI is InChI=1S/C20H21N3O4/c1-12-16(6-8-27-12)19(25)21-15-4-2-3-13(9-15)20(26)23-7-5-17-14(11-23)10-18(24)22-17/h2-4,6,8-9,14,17H,5,7,10-11H2,1H3,(H,21,25)(H,22,24)/t14-,17+/m1/s1. The Labute approximate surface area is 156 Å². The Balaban J connectivity index is 1.46. The van der Waals surface area contributed by atoms with Crippen molar-refractivity contribution in [2.24, 2.45) is 5.92 Å². The summed E-state index contributed by atoms with van der Waals surface area (Å²) >= 11 is 0. The van der Waals surface area contributed by atoms with Crippen LogP contribution >= 0.6 is 0 Å². The van der Waals surface area contributed by atoms with Gasteiger partial charge in [0.15, 0.2) is 0 Å². The molecule has 0 bridgehead atoms. The highest BCUT2D eigenvalue weighted by molar-refractivity contribution is 6.05. The number of fused-ring (bicyclic) bond motifs is 1. The monoisotopic (exact) mass is 367 g/mol. The van der Waals surface area contributed by atoms with Gasteiger partial charge >= 0.3 is 0 Å². The van der Waals surface area contributed by atoms with Crippen molar-refractivity contribution < 1.29 is 18.8 Å². The molecule has 0 saturated carbocycles. The highest BCUT2D eigenvalue weighted by atomic mass is 16.3. The van der Waals surface area contributed by atoms with E-state index >= 15 is 0 Å². The summed E-state index contributed by atoms with van der Waals surface area (Å²) in [6.45, 7) is 2.92. The number of aryl methyl sites for hydroxylation is 1. The van der Waals surface area contributed by atoms with Gasteiger partial charge in [0.2, 0.25) is 5.91 Å². The van der Waals surface area contributed by atoms with Crippen molar-refractivity contribution in [2.75, 3.05) is 18.4 Å². The van der Waals surface area contributed by atoms with Crippen LogP contribution in [0.1, 0.15) is 39.3 Å². The van der Waals surface area contributed by atoms with Gasteiger partial charge < -0.3 is 20.0 Å². The van der Waals surface area contributed by atoms with Gasteiger partial charge in [-0.2, -0.15) is 0 Å². The average Bonchev–Trinajstić information content (AvgIpc) is 3.25. The average molecular weight is 367 g/mol. The first-order valence-electron chi connectivity index (χ1n) is 9.05. The summed E-state index contributed by atoms with van der Waals surface area (Å²) in [5, 5.41) is 5.77. The van der Waals surface area contributed by atoms with Crippen LogP contribution in [0.5, 0.6) is 0 Å². The predicted octanol–water partition coefficient (Wildman–Crippen LogP) is 2.19. The van der Waals surface area contributed by atoms with E-state index < -0.39 is 0 Å². The number of nitrogens with zero attached hydrogens (tertiary/aromatic N) is 1. The second-order valence-electron chi connectivity index (χ2n) is 7.10. The van der Waals surface area contributed by atoms with Crippen molar-refractivity contribution in [2.45, 2.75) is 25.8 Å². The zero-order chi connectivity index (χ0) is 19.0. The number of likely N-dealkylation sites (tertiary alicyclic amines) is 1. The van der Waals surface area contributed by atoms with Crippen LogP contribution in [-0.2, 0) is 4.79 Å². The fourth-order valence-corrected chi connectivity index (χ4v) is 3.85. The maximum atomic E-state index is 12.9.